The van der Waals surface area contributed by atoms with Crippen LogP contribution < -0.4 is 15.4 Å². The molecular weight excluding hydrogens is 358 g/mol. The van der Waals surface area contributed by atoms with Gasteiger partial charge in [0.15, 0.2) is 5.65 Å². The van der Waals surface area contributed by atoms with E-state index in [0.29, 0.717) is 36.4 Å². The third kappa shape index (κ3) is 4.46. The van der Waals surface area contributed by atoms with Crippen LogP contribution in [0.1, 0.15) is 28.9 Å². The zero-order valence-electron chi connectivity index (χ0n) is 16.2. The molecule has 8 heteroatoms. The van der Waals surface area contributed by atoms with Crippen molar-refractivity contribution in [3.05, 3.63) is 47.8 Å². The van der Waals surface area contributed by atoms with Crippen molar-refractivity contribution >= 4 is 28.5 Å². The second-order valence-corrected chi connectivity index (χ2v) is 6.44. The summed E-state index contributed by atoms with van der Waals surface area (Å²) >= 11 is 0. The molecule has 0 fully saturated rings. The van der Waals surface area contributed by atoms with Crippen LogP contribution in [-0.4, -0.2) is 40.2 Å². The molecule has 0 aliphatic heterocycles. The lowest BCUT2D eigenvalue weighted by Crippen LogP contribution is -2.25. The first-order valence-corrected chi connectivity index (χ1v) is 8.99. The predicted molar refractivity (Wildman–Crippen MR) is 106 cm³/mol. The number of anilines is 1. The van der Waals surface area contributed by atoms with E-state index in [1.165, 1.54) is 0 Å². The zero-order valence-corrected chi connectivity index (χ0v) is 16.2. The average Bonchev–Trinajstić information content (AvgIpc) is 2.98. The minimum Gasteiger partial charge on any atom is -0.497 e. The van der Waals surface area contributed by atoms with Crippen molar-refractivity contribution in [1.29, 1.82) is 0 Å². The quantitative estimate of drug-likeness (QED) is 0.613. The molecular formula is C20H23N5O3. The number of amides is 2. The summed E-state index contributed by atoms with van der Waals surface area (Å²) in [7, 11) is 3.41. The van der Waals surface area contributed by atoms with Crippen LogP contribution >= 0.6 is 0 Å². The Bertz CT molecular complexity index is 995. The van der Waals surface area contributed by atoms with Gasteiger partial charge in [0.2, 0.25) is 5.91 Å². The number of carbonyl (C=O) groups is 2. The maximum absolute atomic E-state index is 12.1. The normalized spacial score (nSPS) is 10.7. The van der Waals surface area contributed by atoms with Gasteiger partial charge in [-0.05, 0) is 43.7 Å². The summed E-state index contributed by atoms with van der Waals surface area (Å²) in [6, 6.07) is 8.73. The van der Waals surface area contributed by atoms with E-state index in [1.807, 2.05) is 20.0 Å². The van der Waals surface area contributed by atoms with Crippen LogP contribution in [0.15, 0.2) is 36.5 Å². The molecule has 0 aliphatic carbocycles. The van der Waals surface area contributed by atoms with Gasteiger partial charge in [-0.25, -0.2) is 4.98 Å². The fourth-order valence-corrected chi connectivity index (χ4v) is 2.90. The van der Waals surface area contributed by atoms with Crippen LogP contribution in [0.25, 0.3) is 11.0 Å². The highest BCUT2D eigenvalue weighted by Crippen LogP contribution is 2.19. The Labute approximate surface area is 162 Å². The Balaban J connectivity index is 1.45. The lowest BCUT2D eigenvalue weighted by molar-refractivity contribution is -0.116. The SMILES string of the molecule is COc1ccc(C(=O)NCCCC(=O)Nc2cnc3c(c2)c(C)nn3C)cc1. The molecule has 0 spiro atoms. The van der Waals surface area contributed by atoms with E-state index in [4.69, 9.17) is 4.74 Å². The van der Waals surface area contributed by atoms with E-state index in [0.717, 1.165) is 16.7 Å². The van der Waals surface area contributed by atoms with E-state index >= 15 is 0 Å². The lowest BCUT2D eigenvalue weighted by atomic mass is 10.2. The second-order valence-electron chi connectivity index (χ2n) is 6.44. The number of hydrogen-bond acceptors (Lipinski definition) is 5. The maximum atomic E-state index is 12.1. The van der Waals surface area contributed by atoms with Gasteiger partial charge >= 0.3 is 0 Å². The first-order chi connectivity index (χ1) is 13.5. The highest BCUT2D eigenvalue weighted by molar-refractivity contribution is 5.94. The Morgan fingerprint density at radius 3 is 2.68 bits per heavy atom. The van der Waals surface area contributed by atoms with Crippen LogP contribution in [0.2, 0.25) is 0 Å². The highest BCUT2D eigenvalue weighted by atomic mass is 16.5. The molecule has 28 heavy (non-hydrogen) atoms. The third-order valence-electron chi connectivity index (χ3n) is 4.37. The van der Waals surface area contributed by atoms with Crippen molar-refractivity contribution in [2.24, 2.45) is 7.05 Å². The van der Waals surface area contributed by atoms with E-state index in [2.05, 4.69) is 20.7 Å². The topological polar surface area (TPSA) is 98.1 Å². The monoisotopic (exact) mass is 381 g/mol. The molecule has 1 aromatic carbocycles. The molecule has 0 unspecified atom stereocenters. The molecule has 8 nitrogen and oxygen atoms in total. The molecule has 2 aromatic heterocycles. The van der Waals surface area contributed by atoms with E-state index in [1.54, 1.807) is 42.3 Å². The number of benzene rings is 1. The number of carbonyl (C=O) groups excluding carboxylic acids is 2. The Hall–Kier alpha value is -3.42. The average molecular weight is 381 g/mol. The molecule has 0 saturated carbocycles. The number of aromatic nitrogens is 3. The number of nitrogens with zero attached hydrogens (tertiary/aromatic N) is 3. The number of ether oxygens (including phenoxy) is 1. The largest absolute Gasteiger partial charge is 0.497 e. The first kappa shape index (κ1) is 19.3. The van der Waals surface area contributed by atoms with Gasteiger partial charge in [0, 0.05) is 31.0 Å². The van der Waals surface area contributed by atoms with Crippen LogP contribution in [-0.2, 0) is 11.8 Å². The minimum atomic E-state index is -0.176. The minimum absolute atomic E-state index is 0.124. The van der Waals surface area contributed by atoms with Gasteiger partial charge in [0.25, 0.3) is 5.91 Å². The molecule has 0 atom stereocenters. The number of fused-ring (bicyclic) bond motifs is 1. The Morgan fingerprint density at radius 1 is 1.21 bits per heavy atom. The molecule has 0 aliphatic rings. The number of rotatable bonds is 7. The van der Waals surface area contributed by atoms with Crippen molar-refractivity contribution in [2.75, 3.05) is 19.0 Å². The highest BCUT2D eigenvalue weighted by Gasteiger charge is 2.10. The van der Waals surface area contributed by atoms with Crippen LogP contribution in [0, 0.1) is 6.92 Å². The van der Waals surface area contributed by atoms with Gasteiger partial charge in [0.1, 0.15) is 5.75 Å². The molecule has 3 aromatic rings. The Kier molecular flexibility index (Phi) is 5.88. The summed E-state index contributed by atoms with van der Waals surface area (Å²) in [5, 5.41) is 10.9. The smallest absolute Gasteiger partial charge is 0.251 e. The lowest BCUT2D eigenvalue weighted by Gasteiger charge is -2.07. The van der Waals surface area contributed by atoms with E-state index < -0.39 is 0 Å². The van der Waals surface area contributed by atoms with E-state index in [9.17, 15) is 9.59 Å². The molecule has 2 heterocycles. The van der Waals surface area contributed by atoms with Gasteiger partial charge in [-0.1, -0.05) is 0 Å². The van der Waals surface area contributed by atoms with Crippen molar-refractivity contribution in [2.45, 2.75) is 19.8 Å². The van der Waals surface area contributed by atoms with Crippen molar-refractivity contribution in [1.82, 2.24) is 20.1 Å². The number of nitrogens with one attached hydrogen (secondary N) is 2. The van der Waals surface area contributed by atoms with Crippen molar-refractivity contribution in [3.63, 3.8) is 0 Å². The van der Waals surface area contributed by atoms with Gasteiger partial charge in [-0.3, -0.25) is 14.3 Å². The number of aryl methyl sites for hydroxylation is 2. The van der Waals surface area contributed by atoms with Crippen molar-refractivity contribution < 1.29 is 14.3 Å². The molecule has 2 amide bonds. The van der Waals surface area contributed by atoms with Crippen LogP contribution in [0.5, 0.6) is 5.75 Å². The van der Waals surface area contributed by atoms with Crippen LogP contribution in [0.4, 0.5) is 5.69 Å². The van der Waals surface area contributed by atoms with E-state index in [-0.39, 0.29) is 11.8 Å². The first-order valence-electron chi connectivity index (χ1n) is 8.99. The molecule has 2 N–H and O–H groups in total. The standard InChI is InChI=1S/C20H23N5O3/c1-13-17-11-15(12-22-19(17)25(2)24-13)23-18(26)5-4-10-21-20(27)14-6-8-16(28-3)9-7-14/h6-9,11-12H,4-5,10H2,1-3H3,(H,21,27)(H,23,26). The molecule has 0 saturated heterocycles. The summed E-state index contributed by atoms with van der Waals surface area (Å²) in [5.41, 5.74) is 2.83. The maximum Gasteiger partial charge on any atom is 0.251 e. The number of hydrogen-bond donors (Lipinski definition) is 2. The third-order valence-corrected chi connectivity index (χ3v) is 4.37. The summed E-state index contributed by atoms with van der Waals surface area (Å²) in [4.78, 5) is 28.5. The van der Waals surface area contributed by atoms with Gasteiger partial charge in [-0.15, -0.1) is 0 Å². The van der Waals surface area contributed by atoms with Crippen molar-refractivity contribution in [3.8, 4) is 5.75 Å². The van der Waals surface area contributed by atoms with Gasteiger partial charge in [-0.2, -0.15) is 5.10 Å². The summed E-state index contributed by atoms with van der Waals surface area (Å²) in [6.45, 7) is 2.32. The number of methoxy groups -OCH3 is 1. The summed E-state index contributed by atoms with van der Waals surface area (Å²) < 4.78 is 6.78. The second kappa shape index (κ2) is 8.51. The fraction of sp³-hybridized carbons (Fsp3) is 0.300. The predicted octanol–water partition coefficient (Wildman–Crippen LogP) is 2.43. The van der Waals surface area contributed by atoms with Gasteiger partial charge in [0.05, 0.1) is 24.7 Å². The summed E-state index contributed by atoms with van der Waals surface area (Å²) in [5.74, 6) is 0.397. The molecule has 3 rings (SSSR count). The summed E-state index contributed by atoms with van der Waals surface area (Å²) in [6.07, 6.45) is 2.45. The number of pyridine rings is 1. The Morgan fingerprint density at radius 2 is 1.96 bits per heavy atom. The molecule has 0 bridgehead atoms. The van der Waals surface area contributed by atoms with Gasteiger partial charge < -0.3 is 15.4 Å². The fourth-order valence-electron chi connectivity index (χ4n) is 2.90. The zero-order chi connectivity index (χ0) is 20.1. The van der Waals surface area contributed by atoms with Crippen LogP contribution in [0.3, 0.4) is 0 Å². The molecule has 146 valence electrons. The molecule has 0 radical (unpaired) electrons.